The first-order chi connectivity index (χ1) is 14.7. The van der Waals surface area contributed by atoms with E-state index in [0.717, 1.165) is 11.6 Å². The van der Waals surface area contributed by atoms with Crippen LogP contribution >= 0.6 is 11.6 Å². The second-order valence-corrected chi connectivity index (χ2v) is 6.89. The zero-order chi connectivity index (χ0) is 22.8. The first-order valence-electron chi connectivity index (χ1n) is 9.27. The number of nitrogens with one attached hydrogen (secondary N) is 3. The molecule has 8 nitrogen and oxygen atoms in total. The lowest BCUT2D eigenvalue weighted by atomic mass is 10.2. The summed E-state index contributed by atoms with van der Waals surface area (Å²) in [6, 6.07) is 7.14. The zero-order valence-electron chi connectivity index (χ0n) is 16.8. The summed E-state index contributed by atoms with van der Waals surface area (Å²) < 4.78 is 18.5. The van der Waals surface area contributed by atoms with E-state index in [1.165, 1.54) is 25.3 Å². The zero-order valence-corrected chi connectivity index (χ0v) is 17.6. The molecule has 2 aromatic rings. The fraction of sp³-hybridized carbons (Fsp3) is 0.238. The van der Waals surface area contributed by atoms with Crippen LogP contribution in [0.3, 0.4) is 0 Å². The van der Waals surface area contributed by atoms with Gasteiger partial charge in [0.15, 0.2) is 6.61 Å². The minimum absolute atomic E-state index is 0.0399. The van der Waals surface area contributed by atoms with Crippen LogP contribution in [-0.4, -0.2) is 35.9 Å². The van der Waals surface area contributed by atoms with Gasteiger partial charge in [-0.15, -0.1) is 0 Å². The molecule has 1 aromatic heterocycles. The number of hydrogen-bond donors (Lipinski definition) is 3. The molecule has 1 aromatic carbocycles. The SMILES string of the molecule is C=C(CCNC(=O)c1cc(CNC(C)=O)ccn1)NC(=O)COc1ccc(Cl)c(F)c1. The van der Waals surface area contributed by atoms with Crippen molar-refractivity contribution < 1.29 is 23.5 Å². The predicted molar refractivity (Wildman–Crippen MR) is 113 cm³/mol. The number of pyridine rings is 1. The van der Waals surface area contributed by atoms with Gasteiger partial charge < -0.3 is 20.7 Å². The molecule has 1 heterocycles. The Morgan fingerprint density at radius 2 is 1.97 bits per heavy atom. The highest BCUT2D eigenvalue weighted by Crippen LogP contribution is 2.20. The Bertz CT molecular complexity index is 984. The number of aromatic nitrogens is 1. The monoisotopic (exact) mass is 448 g/mol. The summed E-state index contributed by atoms with van der Waals surface area (Å²) in [7, 11) is 0. The van der Waals surface area contributed by atoms with Crippen molar-refractivity contribution in [3.05, 3.63) is 70.9 Å². The van der Waals surface area contributed by atoms with E-state index in [4.69, 9.17) is 16.3 Å². The Hall–Kier alpha value is -3.46. The van der Waals surface area contributed by atoms with Crippen molar-refractivity contribution in [3.8, 4) is 5.75 Å². The highest BCUT2D eigenvalue weighted by atomic mass is 35.5. The van der Waals surface area contributed by atoms with E-state index in [-0.39, 0.29) is 35.5 Å². The Labute approximate surface area is 183 Å². The number of rotatable bonds is 10. The number of benzene rings is 1. The fourth-order valence-corrected chi connectivity index (χ4v) is 2.48. The largest absolute Gasteiger partial charge is 0.484 e. The lowest BCUT2D eigenvalue weighted by Gasteiger charge is -2.11. The smallest absolute Gasteiger partial charge is 0.269 e. The van der Waals surface area contributed by atoms with Gasteiger partial charge in [-0.25, -0.2) is 4.39 Å². The van der Waals surface area contributed by atoms with Crippen LogP contribution in [0, 0.1) is 5.82 Å². The topological polar surface area (TPSA) is 109 Å². The van der Waals surface area contributed by atoms with Crippen LogP contribution in [0.2, 0.25) is 5.02 Å². The molecule has 0 aliphatic carbocycles. The van der Waals surface area contributed by atoms with Gasteiger partial charge in [0.05, 0.1) is 5.02 Å². The molecular weight excluding hydrogens is 427 g/mol. The van der Waals surface area contributed by atoms with Crippen molar-refractivity contribution in [1.82, 2.24) is 20.9 Å². The molecule has 2 rings (SSSR count). The highest BCUT2D eigenvalue weighted by Gasteiger charge is 2.10. The van der Waals surface area contributed by atoms with Crippen molar-refractivity contribution in [2.24, 2.45) is 0 Å². The van der Waals surface area contributed by atoms with Gasteiger partial charge >= 0.3 is 0 Å². The number of hydrogen-bond acceptors (Lipinski definition) is 5. The van der Waals surface area contributed by atoms with Gasteiger partial charge in [-0.2, -0.15) is 0 Å². The lowest BCUT2D eigenvalue weighted by Crippen LogP contribution is -2.31. The molecule has 0 spiro atoms. The summed E-state index contributed by atoms with van der Waals surface area (Å²) in [6.45, 7) is 5.32. The third kappa shape index (κ3) is 8.43. The first kappa shape index (κ1) is 23.8. The van der Waals surface area contributed by atoms with Gasteiger partial charge in [0.1, 0.15) is 17.3 Å². The molecule has 10 heteroatoms. The molecule has 0 atom stereocenters. The predicted octanol–water partition coefficient (Wildman–Crippen LogP) is 2.34. The molecule has 0 fully saturated rings. The average molecular weight is 449 g/mol. The van der Waals surface area contributed by atoms with E-state index >= 15 is 0 Å². The number of ether oxygens (including phenoxy) is 1. The quantitative estimate of drug-likeness (QED) is 0.517. The summed E-state index contributed by atoms with van der Waals surface area (Å²) in [6.07, 6.45) is 1.77. The number of carbonyl (C=O) groups excluding carboxylic acids is 3. The second kappa shape index (κ2) is 11.7. The Balaban J connectivity index is 1.71. The number of halogens is 2. The van der Waals surface area contributed by atoms with E-state index in [1.807, 2.05) is 0 Å². The van der Waals surface area contributed by atoms with E-state index in [2.05, 4.69) is 27.5 Å². The molecule has 0 unspecified atom stereocenters. The normalized spacial score (nSPS) is 10.2. The minimum Gasteiger partial charge on any atom is -0.484 e. The summed E-state index contributed by atoms with van der Waals surface area (Å²) in [5.41, 5.74) is 1.33. The van der Waals surface area contributed by atoms with E-state index < -0.39 is 17.6 Å². The third-order valence-corrected chi connectivity index (χ3v) is 4.19. The number of nitrogens with zero attached hydrogens (tertiary/aromatic N) is 1. The number of carbonyl (C=O) groups is 3. The molecule has 0 aliphatic heterocycles. The molecule has 164 valence electrons. The number of amides is 3. The van der Waals surface area contributed by atoms with Crippen molar-refractivity contribution >= 4 is 29.3 Å². The van der Waals surface area contributed by atoms with Gasteiger partial charge in [-0.3, -0.25) is 19.4 Å². The van der Waals surface area contributed by atoms with Gasteiger partial charge in [-0.1, -0.05) is 18.2 Å². The van der Waals surface area contributed by atoms with Gasteiger partial charge in [0, 0.05) is 44.4 Å². The van der Waals surface area contributed by atoms with Crippen LogP contribution in [0.5, 0.6) is 5.75 Å². The maximum Gasteiger partial charge on any atom is 0.269 e. The summed E-state index contributed by atoms with van der Waals surface area (Å²) in [5, 5.41) is 7.82. The Morgan fingerprint density at radius 3 is 2.68 bits per heavy atom. The molecule has 0 radical (unpaired) electrons. The van der Waals surface area contributed by atoms with Crippen LogP contribution in [0.15, 0.2) is 48.8 Å². The van der Waals surface area contributed by atoms with Gasteiger partial charge in [-0.05, 0) is 29.8 Å². The van der Waals surface area contributed by atoms with Crippen LogP contribution in [-0.2, 0) is 16.1 Å². The van der Waals surface area contributed by atoms with Crippen LogP contribution in [0.4, 0.5) is 4.39 Å². The average Bonchev–Trinajstić information content (AvgIpc) is 2.73. The summed E-state index contributed by atoms with van der Waals surface area (Å²) in [4.78, 5) is 39.1. The van der Waals surface area contributed by atoms with Gasteiger partial charge in [0.25, 0.3) is 11.8 Å². The second-order valence-electron chi connectivity index (χ2n) is 6.48. The maximum atomic E-state index is 13.4. The standard InChI is InChI=1S/C21H22ClFN4O4/c1-13(27-20(29)12-31-16-3-4-17(22)18(23)10-16)5-7-25-21(30)19-9-15(6-8-24-19)11-26-14(2)28/h3-4,6,8-10H,1,5,7,11-12H2,2H3,(H,25,30)(H,26,28)(H,27,29). The molecule has 3 N–H and O–H groups in total. The van der Waals surface area contributed by atoms with Crippen LogP contribution in [0.1, 0.15) is 29.4 Å². The van der Waals surface area contributed by atoms with Gasteiger partial charge in [0.2, 0.25) is 5.91 Å². The van der Waals surface area contributed by atoms with E-state index in [0.29, 0.717) is 18.7 Å². The molecule has 0 bridgehead atoms. The minimum atomic E-state index is -0.644. The maximum absolute atomic E-state index is 13.4. The molecule has 0 saturated carbocycles. The molecule has 3 amide bonds. The van der Waals surface area contributed by atoms with Crippen LogP contribution < -0.4 is 20.7 Å². The molecule has 0 saturated heterocycles. The van der Waals surface area contributed by atoms with Crippen LogP contribution in [0.25, 0.3) is 0 Å². The Kier molecular flexibility index (Phi) is 8.95. The Morgan fingerprint density at radius 1 is 1.19 bits per heavy atom. The van der Waals surface area contributed by atoms with Crippen molar-refractivity contribution in [2.45, 2.75) is 19.9 Å². The van der Waals surface area contributed by atoms with Crippen molar-refractivity contribution in [1.29, 1.82) is 0 Å². The third-order valence-electron chi connectivity index (χ3n) is 3.89. The molecular formula is C21H22ClFN4O4. The summed E-state index contributed by atoms with van der Waals surface area (Å²) >= 11 is 5.58. The van der Waals surface area contributed by atoms with E-state index in [1.54, 1.807) is 12.1 Å². The lowest BCUT2D eigenvalue weighted by molar-refractivity contribution is -0.122. The summed E-state index contributed by atoms with van der Waals surface area (Å²) in [5.74, 6) is -1.51. The molecule has 31 heavy (non-hydrogen) atoms. The van der Waals surface area contributed by atoms with E-state index in [9.17, 15) is 18.8 Å². The fourth-order valence-electron chi connectivity index (χ4n) is 2.36. The van der Waals surface area contributed by atoms with Crippen molar-refractivity contribution in [3.63, 3.8) is 0 Å². The molecule has 0 aliphatic rings. The first-order valence-corrected chi connectivity index (χ1v) is 9.65. The highest BCUT2D eigenvalue weighted by molar-refractivity contribution is 6.30. The van der Waals surface area contributed by atoms with Crippen molar-refractivity contribution in [2.75, 3.05) is 13.2 Å².